The molecule has 0 aromatic heterocycles. The number of unbranched alkanes of at least 4 members (excludes halogenated alkanes) is 18. The van der Waals surface area contributed by atoms with Crippen molar-refractivity contribution in [1.29, 1.82) is 0 Å². The highest BCUT2D eigenvalue weighted by molar-refractivity contribution is 5.78. The van der Waals surface area contributed by atoms with Gasteiger partial charge in [0, 0.05) is 33.4 Å². The van der Waals surface area contributed by atoms with Crippen LogP contribution >= 0.6 is 0 Å². The van der Waals surface area contributed by atoms with Crippen molar-refractivity contribution < 1.29 is 0 Å². The Morgan fingerprint density at radius 1 is 0.156 bits per heavy atom. The smallest absolute Gasteiger partial charge is 0.0588 e. The molecule has 0 nitrogen and oxygen atoms in total. The minimum absolute atomic E-state index is 0.704. The number of aryl methyl sites for hydroxylation is 6. The van der Waals surface area contributed by atoms with Gasteiger partial charge in [-0.2, -0.15) is 0 Å². The second kappa shape index (κ2) is 41.2. The van der Waals surface area contributed by atoms with Crippen molar-refractivity contribution in [3.05, 3.63) is 246 Å². The van der Waals surface area contributed by atoms with E-state index in [0.29, 0.717) is 33.4 Å². The van der Waals surface area contributed by atoms with Crippen molar-refractivity contribution in [3.63, 3.8) is 0 Å². The van der Waals surface area contributed by atoms with E-state index in [-0.39, 0.29) is 0 Å². The molecule has 7 rings (SSSR count). The minimum atomic E-state index is 0.704. The molecule has 0 aliphatic rings. The normalized spacial score (nSPS) is 10.5. The first kappa shape index (κ1) is 69.4. The second-order valence-corrected chi connectivity index (χ2v) is 24.8. The predicted molar refractivity (Wildman–Crippen MR) is 388 cm³/mol. The van der Waals surface area contributed by atoms with E-state index in [1.807, 2.05) is 0 Å². The lowest BCUT2D eigenvalue weighted by molar-refractivity contribution is 0.667. The van der Waals surface area contributed by atoms with E-state index in [4.69, 9.17) is 0 Å². The molecule has 0 heterocycles. The molecule has 0 amide bonds. The first-order chi connectivity index (χ1) is 44.4. The summed E-state index contributed by atoms with van der Waals surface area (Å²) in [4.78, 5) is 0. The van der Waals surface area contributed by atoms with E-state index >= 15 is 0 Å². The maximum atomic E-state index is 3.78. The number of hydrogen-bond acceptors (Lipinski definition) is 0. The van der Waals surface area contributed by atoms with Gasteiger partial charge in [-0.1, -0.05) is 301 Å². The molecule has 90 heavy (non-hydrogen) atoms. The Morgan fingerprint density at radius 2 is 0.289 bits per heavy atom. The van der Waals surface area contributed by atoms with Gasteiger partial charge in [-0.25, -0.2) is 0 Å². The van der Waals surface area contributed by atoms with Crippen molar-refractivity contribution in [2.24, 2.45) is 0 Å². The van der Waals surface area contributed by atoms with Crippen LogP contribution in [0.2, 0.25) is 0 Å². The summed E-state index contributed by atoms with van der Waals surface area (Å²) in [5.74, 6) is 44.6. The Hall–Kier alpha value is -8.10. The number of benzene rings is 7. The third-order valence-electron chi connectivity index (χ3n) is 17.1. The summed E-state index contributed by atoms with van der Waals surface area (Å²) in [6, 6.07) is 53.0. The summed E-state index contributed by atoms with van der Waals surface area (Å²) in [5.41, 5.74) is 17.8. The molecule has 0 unspecified atom stereocenters. The highest BCUT2D eigenvalue weighted by Gasteiger charge is 2.21. The van der Waals surface area contributed by atoms with E-state index in [9.17, 15) is 0 Å². The molecule has 7 aromatic rings. The zero-order valence-electron chi connectivity index (χ0n) is 56.1. The van der Waals surface area contributed by atoms with Gasteiger partial charge in [-0.05, 0) is 183 Å². The Balaban J connectivity index is 1.54. The summed E-state index contributed by atoms with van der Waals surface area (Å²) in [5, 5.41) is 0. The van der Waals surface area contributed by atoms with E-state index in [1.54, 1.807) is 0 Å². The maximum absolute atomic E-state index is 3.78. The van der Waals surface area contributed by atoms with E-state index in [0.717, 1.165) is 71.9 Å². The van der Waals surface area contributed by atoms with Crippen LogP contribution in [0.25, 0.3) is 0 Å². The molecule has 0 N–H and O–H groups in total. The maximum Gasteiger partial charge on any atom is 0.0588 e. The van der Waals surface area contributed by atoms with Crippen molar-refractivity contribution >= 4 is 0 Å². The van der Waals surface area contributed by atoms with Crippen LogP contribution in [0.5, 0.6) is 0 Å². The van der Waals surface area contributed by atoms with Crippen molar-refractivity contribution in [2.75, 3.05) is 0 Å². The van der Waals surface area contributed by atoms with Crippen molar-refractivity contribution in [1.82, 2.24) is 0 Å². The summed E-state index contributed by atoms with van der Waals surface area (Å²) in [6.45, 7) is 13.6. The van der Waals surface area contributed by atoms with Crippen molar-refractivity contribution in [3.8, 4) is 71.0 Å². The fourth-order valence-electron chi connectivity index (χ4n) is 11.4. The quantitative estimate of drug-likeness (QED) is 0.0311. The molecule has 0 spiro atoms. The lowest BCUT2D eigenvalue weighted by Crippen LogP contribution is -2.05. The van der Waals surface area contributed by atoms with Gasteiger partial charge >= 0.3 is 0 Å². The zero-order chi connectivity index (χ0) is 63.1. The van der Waals surface area contributed by atoms with Gasteiger partial charge in [0.25, 0.3) is 0 Å². The number of hydrogen-bond donors (Lipinski definition) is 0. The summed E-state index contributed by atoms with van der Waals surface area (Å²) < 4.78 is 0. The Labute approximate surface area is 547 Å². The highest BCUT2D eigenvalue weighted by atomic mass is 14.2. The molecular formula is C90H102. The zero-order valence-corrected chi connectivity index (χ0v) is 56.1. The third-order valence-corrected chi connectivity index (χ3v) is 17.1. The largest absolute Gasteiger partial charge is 0.0654 e. The molecule has 7 aromatic carbocycles. The van der Waals surface area contributed by atoms with Gasteiger partial charge in [0.2, 0.25) is 0 Å². The van der Waals surface area contributed by atoms with Crippen LogP contribution in [0.15, 0.2) is 146 Å². The molecule has 0 saturated carbocycles. The van der Waals surface area contributed by atoms with Crippen LogP contribution < -0.4 is 0 Å². The van der Waals surface area contributed by atoms with E-state index < -0.39 is 0 Å². The van der Waals surface area contributed by atoms with Gasteiger partial charge in [0.1, 0.15) is 0 Å². The van der Waals surface area contributed by atoms with Crippen LogP contribution in [0.1, 0.15) is 296 Å². The first-order valence-electron chi connectivity index (χ1n) is 35.3. The average Bonchev–Trinajstić information content (AvgIpc) is 0.805. The monoisotopic (exact) mass is 1180 g/mol. The van der Waals surface area contributed by atoms with Gasteiger partial charge in [-0.15, -0.1) is 0 Å². The summed E-state index contributed by atoms with van der Waals surface area (Å²) in [6.07, 6.45) is 35.9. The lowest BCUT2D eigenvalue weighted by atomic mass is 9.86. The van der Waals surface area contributed by atoms with Crippen LogP contribution in [0.3, 0.4) is 0 Å². The average molecular weight is 1180 g/mol. The third kappa shape index (κ3) is 24.7. The molecule has 0 bridgehead atoms. The fourth-order valence-corrected chi connectivity index (χ4v) is 11.4. The predicted octanol–water partition coefficient (Wildman–Crippen LogP) is 22.8. The molecule has 0 saturated heterocycles. The number of rotatable bonds is 30. The van der Waals surface area contributed by atoms with Crippen LogP contribution in [-0.2, 0) is 38.5 Å². The summed E-state index contributed by atoms with van der Waals surface area (Å²) >= 11 is 0. The highest BCUT2D eigenvalue weighted by Crippen LogP contribution is 2.29. The SMILES string of the molecule is CCCCCCc1ccc(C#Cc2c(C#Cc3ccc(CCCCCC)cc3)c(C#Cc3ccc(CCCCCC)cc3)c(C#Cc3ccc(CCCCCC)cc3)c(C#Cc3ccc(CCCCCC)cc3)c2C#Cc2ccc(CCCCCC)cc2)cc1. The van der Waals surface area contributed by atoms with Crippen LogP contribution in [0.4, 0.5) is 0 Å². The van der Waals surface area contributed by atoms with Gasteiger partial charge in [-0.3, -0.25) is 0 Å². The van der Waals surface area contributed by atoms with Crippen molar-refractivity contribution in [2.45, 2.75) is 234 Å². The molecule has 0 aliphatic heterocycles. The Bertz CT molecular complexity index is 2980. The van der Waals surface area contributed by atoms with Crippen LogP contribution in [-0.4, -0.2) is 0 Å². The lowest BCUT2D eigenvalue weighted by Gasteiger charge is -2.13. The molecule has 0 radical (unpaired) electrons. The molecule has 0 aliphatic carbocycles. The molecule has 0 fully saturated rings. The first-order valence-corrected chi connectivity index (χ1v) is 35.3. The van der Waals surface area contributed by atoms with Gasteiger partial charge < -0.3 is 0 Å². The fraction of sp³-hybridized carbons (Fsp3) is 0.400. The standard InChI is InChI=1S/C90H102/c1-7-13-19-25-31-73-37-49-79(50-38-73)61-67-85-86(68-62-80-51-39-74(40-52-80)32-26-20-14-8-2)88(70-64-82-55-43-76(44-56-82)34-28-22-16-10-4)90(72-66-84-59-47-78(48-60-84)36-30-24-18-12-6)89(71-65-83-57-45-77(46-58-83)35-29-23-17-11-5)87(85)69-63-81-53-41-75(42-54-81)33-27-21-15-9-3/h37-60H,7-36H2,1-6H3. The van der Waals surface area contributed by atoms with E-state index in [1.165, 1.54) is 187 Å². The minimum Gasteiger partial charge on any atom is -0.0654 e. The van der Waals surface area contributed by atoms with E-state index in [2.05, 4.69) is 258 Å². The molecular weight excluding hydrogens is 1080 g/mol. The van der Waals surface area contributed by atoms with Gasteiger partial charge in [0.15, 0.2) is 0 Å². The molecule has 462 valence electrons. The Morgan fingerprint density at radius 3 is 0.411 bits per heavy atom. The second-order valence-electron chi connectivity index (χ2n) is 24.8. The summed E-state index contributed by atoms with van der Waals surface area (Å²) in [7, 11) is 0. The van der Waals surface area contributed by atoms with Crippen LogP contribution in [0, 0.1) is 71.0 Å². The molecule has 0 heteroatoms. The topological polar surface area (TPSA) is 0 Å². The molecule has 0 atom stereocenters. The van der Waals surface area contributed by atoms with Gasteiger partial charge in [0.05, 0.1) is 33.4 Å². The Kier molecular flexibility index (Phi) is 31.8.